The summed E-state index contributed by atoms with van der Waals surface area (Å²) in [4.78, 5) is 0. The van der Waals surface area contributed by atoms with Gasteiger partial charge >= 0.3 is 0 Å². The first kappa shape index (κ1) is 11.4. The Morgan fingerprint density at radius 1 is 1.00 bits per heavy atom. The first-order valence-electron chi connectivity index (χ1n) is 6.49. The van der Waals surface area contributed by atoms with E-state index in [1.165, 1.54) is 19.3 Å². The van der Waals surface area contributed by atoms with Gasteiger partial charge in [-0.05, 0) is 50.4 Å². The van der Waals surface area contributed by atoms with Gasteiger partial charge in [0.05, 0.1) is 6.10 Å². The molecule has 0 heterocycles. The molecule has 2 aliphatic carbocycles. The summed E-state index contributed by atoms with van der Waals surface area (Å²) >= 11 is 0. The molecule has 0 bridgehead atoms. The van der Waals surface area contributed by atoms with E-state index in [0.29, 0.717) is 11.5 Å². The summed E-state index contributed by atoms with van der Waals surface area (Å²) in [6.07, 6.45) is 8.32. The molecule has 0 aliphatic heterocycles. The summed E-state index contributed by atoms with van der Waals surface area (Å²) in [5.41, 5.74) is 0.547. The Morgan fingerprint density at radius 3 is 2.20 bits per heavy atom. The van der Waals surface area contributed by atoms with Gasteiger partial charge in [0, 0.05) is 12.1 Å². The molecule has 0 amide bonds. The van der Waals surface area contributed by atoms with Gasteiger partial charge in [0.1, 0.15) is 0 Å². The molecule has 0 aromatic heterocycles. The van der Waals surface area contributed by atoms with Crippen LogP contribution in [0, 0.1) is 5.41 Å². The number of aliphatic hydroxyl groups excluding tert-OH is 1. The van der Waals surface area contributed by atoms with Crippen LogP contribution in [0.5, 0.6) is 0 Å². The van der Waals surface area contributed by atoms with E-state index in [2.05, 4.69) is 19.2 Å². The lowest BCUT2D eigenvalue weighted by Gasteiger charge is -2.29. The van der Waals surface area contributed by atoms with Crippen molar-refractivity contribution in [2.24, 2.45) is 5.41 Å². The fraction of sp³-hybridized carbons (Fsp3) is 1.00. The van der Waals surface area contributed by atoms with Crippen molar-refractivity contribution in [2.45, 2.75) is 77.0 Å². The van der Waals surface area contributed by atoms with Crippen LogP contribution in [0.25, 0.3) is 0 Å². The maximum Gasteiger partial charge on any atom is 0.0541 e. The molecular formula is C13H25NO. The van der Waals surface area contributed by atoms with E-state index in [-0.39, 0.29) is 6.10 Å². The molecule has 2 aliphatic rings. The summed E-state index contributed by atoms with van der Waals surface area (Å²) in [5, 5.41) is 13.2. The van der Waals surface area contributed by atoms with Gasteiger partial charge in [-0.3, -0.25) is 0 Å². The lowest BCUT2D eigenvalue weighted by atomic mass is 9.90. The maximum atomic E-state index is 9.44. The average molecular weight is 211 g/mol. The van der Waals surface area contributed by atoms with E-state index in [4.69, 9.17) is 0 Å². The van der Waals surface area contributed by atoms with Crippen molar-refractivity contribution in [1.29, 1.82) is 0 Å². The van der Waals surface area contributed by atoms with Crippen LogP contribution in [-0.4, -0.2) is 23.3 Å². The summed E-state index contributed by atoms with van der Waals surface area (Å²) in [7, 11) is 0. The minimum absolute atomic E-state index is 0.0249. The highest BCUT2D eigenvalue weighted by Gasteiger charge is 2.32. The summed E-state index contributed by atoms with van der Waals surface area (Å²) < 4.78 is 0. The molecule has 2 saturated carbocycles. The zero-order valence-corrected chi connectivity index (χ0v) is 10.1. The van der Waals surface area contributed by atoms with Gasteiger partial charge in [-0.15, -0.1) is 0 Å². The average Bonchev–Trinajstić information content (AvgIpc) is 2.50. The van der Waals surface area contributed by atoms with E-state index in [1.54, 1.807) is 0 Å². The van der Waals surface area contributed by atoms with Crippen LogP contribution in [0.2, 0.25) is 0 Å². The van der Waals surface area contributed by atoms with Gasteiger partial charge in [0.2, 0.25) is 0 Å². The standard InChI is InChI=1S/C13H25NO/c1-13(2)8-7-11(9-13)14-10-3-5-12(15)6-4-10/h10-12,14-15H,3-9H2,1-2H3. The van der Waals surface area contributed by atoms with E-state index >= 15 is 0 Å². The molecule has 1 unspecified atom stereocenters. The van der Waals surface area contributed by atoms with Crippen molar-refractivity contribution in [2.75, 3.05) is 0 Å². The quantitative estimate of drug-likeness (QED) is 0.735. The molecule has 0 aromatic rings. The second kappa shape index (κ2) is 4.42. The molecule has 2 N–H and O–H groups in total. The third-order valence-corrected chi connectivity index (χ3v) is 4.14. The number of nitrogens with one attached hydrogen (secondary N) is 1. The van der Waals surface area contributed by atoms with Crippen LogP contribution in [0.4, 0.5) is 0 Å². The van der Waals surface area contributed by atoms with E-state index in [9.17, 15) is 5.11 Å². The van der Waals surface area contributed by atoms with Crippen molar-refractivity contribution in [3.63, 3.8) is 0 Å². The van der Waals surface area contributed by atoms with Crippen molar-refractivity contribution < 1.29 is 5.11 Å². The smallest absolute Gasteiger partial charge is 0.0541 e. The fourth-order valence-corrected chi connectivity index (χ4v) is 3.15. The molecule has 88 valence electrons. The monoisotopic (exact) mass is 211 g/mol. The number of rotatable bonds is 2. The molecule has 0 aromatic carbocycles. The minimum atomic E-state index is -0.0249. The Kier molecular flexibility index (Phi) is 3.36. The maximum absolute atomic E-state index is 9.44. The number of hydrogen-bond acceptors (Lipinski definition) is 2. The second-order valence-electron chi connectivity index (χ2n) is 6.28. The van der Waals surface area contributed by atoms with Crippen molar-refractivity contribution in [3.05, 3.63) is 0 Å². The van der Waals surface area contributed by atoms with E-state index < -0.39 is 0 Å². The van der Waals surface area contributed by atoms with Crippen molar-refractivity contribution in [1.82, 2.24) is 5.32 Å². The predicted octanol–water partition coefficient (Wildman–Crippen LogP) is 2.46. The van der Waals surface area contributed by atoms with E-state index in [1.807, 2.05) is 0 Å². The minimum Gasteiger partial charge on any atom is -0.393 e. The highest BCUT2D eigenvalue weighted by atomic mass is 16.3. The SMILES string of the molecule is CC1(C)CCC(NC2CCC(O)CC2)C1. The highest BCUT2D eigenvalue weighted by Crippen LogP contribution is 2.37. The molecular weight excluding hydrogens is 186 g/mol. The normalized spacial score (nSPS) is 40.6. The Labute approximate surface area is 93.5 Å². The Morgan fingerprint density at radius 2 is 1.67 bits per heavy atom. The largest absolute Gasteiger partial charge is 0.393 e. The Bertz CT molecular complexity index is 207. The molecule has 2 fully saturated rings. The van der Waals surface area contributed by atoms with Gasteiger partial charge < -0.3 is 10.4 Å². The Hall–Kier alpha value is -0.0800. The molecule has 1 atom stereocenters. The second-order valence-corrected chi connectivity index (χ2v) is 6.28. The van der Waals surface area contributed by atoms with Crippen LogP contribution in [0.15, 0.2) is 0 Å². The van der Waals surface area contributed by atoms with Gasteiger partial charge in [-0.25, -0.2) is 0 Å². The van der Waals surface area contributed by atoms with Crippen molar-refractivity contribution in [3.8, 4) is 0 Å². The summed E-state index contributed by atoms with van der Waals surface area (Å²) in [5.74, 6) is 0. The van der Waals surface area contributed by atoms with Crippen LogP contribution >= 0.6 is 0 Å². The molecule has 15 heavy (non-hydrogen) atoms. The first-order chi connectivity index (χ1) is 7.05. The van der Waals surface area contributed by atoms with Crippen LogP contribution in [0.1, 0.15) is 58.8 Å². The fourth-order valence-electron chi connectivity index (χ4n) is 3.15. The highest BCUT2D eigenvalue weighted by molar-refractivity contribution is 4.89. The zero-order chi connectivity index (χ0) is 10.9. The molecule has 2 rings (SSSR count). The lowest BCUT2D eigenvalue weighted by Crippen LogP contribution is -2.40. The number of hydrogen-bond donors (Lipinski definition) is 2. The molecule has 2 nitrogen and oxygen atoms in total. The van der Waals surface area contributed by atoms with Gasteiger partial charge in [0.15, 0.2) is 0 Å². The van der Waals surface area contributed by atoms with Gasteiger partial charge in [-0.1, -0.05) is 13.8 Å². The topological polar surface area (TPSA) is 32.3 Å². The molecule has 0 saturated heterocycles. The van der Waals surface area contributed by atoms with E-state index in [0.717, 1.165) is 31.7 Å². The first-order valence-corrected chi connectivity index (χ1v) is 6.49. The molecule has 0 spiro atoms. The summed E-state index contributed by atoms with van der Waals surface area (Å²) in [6.45, 7) is 4.75. The van der Waals surface area contributed by atoms with Gasteiger partial charge in [-0.2, -0.15) is 0 Å². The number of aliphatic hydroxyl groups is 1. The summed E-state index contributed by atoms with van der Waals surface area (Å²) in [6, 6.07) is 1.41. The van der Waals surface area contributed by atoms with Crippen molar-refractivity contribution >= 4 is 0 Å². The third-order valence-electron chi connectivity index (χ3n) is 4.14. The zero-order valence-electron chi connectivity index (χ0n) is 10.1. The Balaban J connectivity index is 1.74. The van der Waals surface area contributed by atoms with Crippen LogP contribution < -0.4 is 5.32 Å². The third kappa shape index (κ3) is 3.18. The molecule has 2 heteroatoms. The predicted molar refractivity (Wildman–Crippen MR) is 62.8 cm³/mol. The molecule has 0 radical (unpaired) electrons. The van der Waals surface area contributed by atoms with Gasteiger partial charge in [0.25, 0.3) is 0 Å². The van der Waals surface area contributed by atoms with Crippen LogP contribution in [-0.2, 0) is 0 Å². The van der Waals surface area contributed by atoms with Crippen LogP contribution in [0.3, 0.4) is 0 Å². The lowest BCUT2D eigenvalue weighted by molar-refractivity contribution is 0.114.